The Morgan fingerprint density at radius 3 is 2.60 bits per heavy atom. The zero-order valence-corrected chi connectivity index (χ0v) is 13.0. The molecule has 1 fully saturated rings. The molecule has 2 rings (SSSR count). The van der Waals surface area contributed by atoms with Crippen molar-refractivity contribution >= 4 is 11.4 Å². The molecule has 1 atom stereocenters. The summed E-state index contributed by atoms with van der Waals surface area (Å²) in [7, 11) is 0. The quantitative estimate of drug-likeness (QED) is 0.759. The average Bonchev–Trinajstić information content (AvgIpc) is 2.52. The molecule has 1 heterocycles. The van der Waals surface area contributed by atoms with Crippen molar-refractivity contribution in [2.24, 2.45) is 5.92 Å². The highest BCUT2D eigenvalue weighted by Gasteiger charge is 2.22. The molecular formula is C17H29N3. The molecule has 1 aromatic heterocycles. The van der Waals surface area contributed by atoms with E-state index in [0.29, 0.717) is 6.04 Å². The van der Waals surface area contributed by atoms with Gasteiger partial charge in [-0.3, -0.25) is 4.98 Å². The van der Waals surface area contributed by atoms with E-state index >= 15 is 0 Å². The first-order valence-electron chi connectivity index (χ1n) is 8.29. The van der Waals surface area contributed by atoms with Crippen LogP contribution in [0.1, 0.15) is 58.8 Å². The van der Waals surface area contributed by atoms with Crippen molar-refractivity contribution in [2.45, 2.75) is 64.8 Å². The predicted octanol–water partition coefficient (Wildman–Crippen LogP) is 4.67. The van der Waals surface area contributed by atoms with Crippen LogP contribution in [0.5, 0.6) is 0 Å². The molecule has 3 nitrogen and oxygen atoms in total. The molecule has 1 aromatic rings. The summed E-state index contributed by atoms with van der Waals surface area (Å²) < 4.78 is 0. The third-order valence-corrected chi connectivity index (χ3v) is 4.33. The van der Waals surface area contributed by atoms with E-state index < -0.39 is 0 Å². The summed E-state index contributed by atoms with van der Waals surface area (Å²) in [5, 5.41) is 7.12. The molecule has 0 amide bonds. The predicted molar refractivity (Wildman–Crippen MR) is 87.3 cm³/mol. The summed E-state index contributed by atoms with van der Waals surface area (Å²) in [4.78, 5) is 4.35. The number of hydrogen-bond donors (Lipinski definition) is 2. The molecule has 2 N–H and O–H groups in total. The zero-order valence-electron chi connectivity index (χ0n) is 13.0. The largest absolute Gasteiger partial charge is 0.384 e. The van der Waals surface area contributed by atoms with Crippen molar-refractivity contribution in [3.8, 4) is 0 Å². The van der Waals surface area contributed by atoms with E-state index in [1.54, 1.807) is 0 Å². The fourth-order valence-corrected chi connectivity index (χ4v) is 3.19. The SMILES string of the molecule is CCCNc1cncc(NC(CC)C2CCCCC2)c1. The zero-order chi connectivity index (χ0) is 14.2. The monoisotopic (exact) mass is 275 g/mol. The second kappa shape index (κ2) is 8.13. The minimum Gasteiger partial charge on any atom is -0.384 e. The number of nitrogens with zero attached hydrogens (tertiary/aromatic N) is 1. The van der Waals surface area contributed by atoms with E-state index in [4.69, 9.17) is 0 Å². The normalized spacial score (nSPS) is 17.7. The Bertz CT molecular complexity index is 386. The van der Waals surface area contributed by atoms with Gasteiger partial charge in [0.2, 0.25) is 0 Å². The highest BCUT2D eigenvalue weighted by molar-refractivity contribution is 5.54. The van der Waals surface area contributed by atoms with Gasteiger partial charge >= 0.3 is 0 Å². The lowest BCUT2D eigenvalue weighted by Gasteiger charge is -2.31. The first-order valence-corrected chi connectivity index (χ1v) is 8.29. The van der Waals surface area contributed by atoms with E-state index in [0.717, 1.165) is 30.3 Å². The van der Waals surface area contributed by atoms with Crippen LogP contribution in [0.15, 0.2) is 18.5 Å². The second-order valence-electron chi connectivity index (χ2n) is 5.95. The van der Waals surface area contributed by atoms with Crippen LogP contribution in [0.25, 0.3) is 0 Å². The Balaban J connectivity index is 1.95. The molecule has 0 saturated heterocycles. The molecule has 1 aliphatic rings. The van der Waals surface area contributed by atoms with Gasteiger partial charge in [-0.2, -0.15) is 0 Å². The van der Waals surface area contributed by atoms with Crippen molar-refractivity contribution in [3.05, 3.63) is 18.5 Å². The third-order valence-electron chi connectivity index (χ3n) is 4.33. The van der Waals surface area contributed by atoms with Crippen molar-refractivity contribution in [3.63, 3.8) is 0 Å². The minimum absolute atomic E-state index is 0.596. The van der Waals surface area contributed by atoms with Gasteiger partial charge < -0.3 is 10.6 Å². The molecule has 0 radical (unpaired) electrons. The van der Waals surface area contributed by atoms with Gasteiger partial charge in [-0.25, -0.2) is 0 Å². The van der Waals surface area contributed by atoms with E-state index in [2.05, 4.69) is 35.5 Å². The van der Waals surface area contributed by atoms with E-state index in [1.807, 2.05) is 12.4 Å². The molecule has 20 heavy (non-hydrogen) atoms. The highest BCUT2D eigenvalue weighted by Crippen LogP contribution is 2.29. The van der Waals surface area contributed by atoms with E-state index in [-0.39, 0.29) is 0 Å². The van der Waals surface area contributed by atoms with Crippen LogP contribution in [0.4, 0.5) is 11.4 Å². The first-order chi connectivity index (χ1) is 9.83. The van der Waals surface area contributed by atoms with Crippen LogP contribution in [-0.2, 0) is 0 Å². The average molecular weight is 275 g/mol. The van der Waals surface area contributed by atoms with E-state index in [9.17, 15) is 0 Å². The van der Waals surface area contributed by atoms with Gasteiger partial charge in [0, 0.05) is 12.6 Å². The molecule has 1 saturated carbocycles. The molecule has 0 bridgehead atoms. The molecular weight excluding hydrogens is 246 g/mol. The standard InChI is InChI=1S/C17H29N3/c1-3-10-19-15-11-16(13-18-12-15)20-17(4-2)14-8-6-5-7-9-14/h11-14,17,19-20H,3-10H2,1-2H3. The lowest BCUT2D eigenvalue weighted by molar-refractivity contribution is 0.313. The van der Waals surface area contributed by atoms with Gasteiger partial charge in [-0.05, 0) is 37.7 Å². The maximum Gasteiger partial charge on any atom is 0.0549 e. The summed E-state index contributed by atoms with van der Waals surface area (Å²) in [6, 6.07) is 2.78. The van der Waals surface area contributed by atoms with Crippen LogP contribution >= 0.6 is 0 Å². The van der Waals surface area contributed by atoms with Crippen molar-refractivity contribution in [1.29, 1.82) is 0 Å². The topological polar surface area (TPSA) is 37.0 Å². The van der Waals surface area contributed by atoms with Gasteiger partial charge in [-0.1, -0.05) is 33.1 Å². The van der Waals surface area contributed by atoms with Crippen LogP contribution in [-0.4, -0.2) is 17.6 Å². The van der Waals surface area contributed by atoms with Gasteiger partial charge in [0.15, 0.2) is 0 Å². The Labute approximate surface area is 123 Å². The number of pyridine rings is 1. The molecule has 1 unspecified atom stereocenters. The molecule has 0 aromatic carbocycles. The van der Waals surface area contributed by atoms with Crippen molar-refractivity contribution < 1.29 is 0 Å². The lowest BCUT2D eigenvalue weighted by Crippen LogP contribution is -2.30. The summed E-state index contributed by atoms with van der Waals surface area (Å²) in [5.74, 6) is 0.834. The van der Waals surface area contributed by atoms with Crippen molar-refractivity contribution in [1.82, 2.24) is 4.98 Å². The Morgan fingerprint density at radius 2 is 1.90 bits per heavy atom. The molecule has 0 aliphatic heterocycles. The minimum atomic E-state index is 0.596. The summed E-state index contributed by atoms with van der Waals surface area (Å²) in [6.07, 6.45) is 13.2. The number of rotatable bonds is 7. The Kier molecular flexibility index (Phi) is 6.16. The molecule has 3 heteroatoms. The Hall–Kier alpha value is -1.25. The molecule has 112 valence electrons. The number of aromatic nitrogens is 1. The summed E-state index contributed by atoms with van der Waals surface area (Å²) >= 11 is 0. The smallest absolute Gasteiger partial charge is 0.0549 e. The maximum absolute atomic E-state index is 4.35. The van der Waals surface area contributed by atoms with Crippen LogP contribution < -0.4 is 10.6 Å². The number of hydrogen-bond acceptors (Lipinski definition) is 3. The summed E-state index contributed by atoms with van der Waals surface area (Å²) in [5.41, 5.74) is 2.28. The van der Waals surface area contributed by atoms with Crippen LogP contribution in [0.3, 0.4) is 0 Å². The van der Waals surface area contributed by atoms with Crippen molar-refractivity contribution in [2.75, 3.05) is 17.2 Å². The first kappa shape index (κ1) is 15.1. The maximum atomic E-state index is 4.35. The van der Waals surface area contributed by atoms with Gasteiger partial charge in [0.1, 0.15) is 0 Å². The molecule has 0 spiro atoms. The van der Waals surface area contributed by atoms with Crippen LogP contribution in [0, 0.1) is 5.92 Å². The summed E-state index contributed by atoms with van der Waals surface area (Å²) in [6.45, 7) is 5.47. The second-order valence-corrected chi connectivity index (χ2v) is 5.95. The highest BCUT2D eigenvalue weighted by atomic mass is 15.0. The van der Waals surface area contributed by atoms with Gasteiger partial charge in [0.05, 0.1) is 23.8 Å². The fourth-order valence-electron chi connectivity index (χ4n) is 3.19. The van der Waals surface area contributed by atoms with E-state index in [1.165, 1.54) is 38.5 Å². The Morgan fingerprint density at radius 1 is 1.15 bits per heavy atom. The van der Waals surface area contributed by atoms with Gasteiger partial charge in [0.25, 0.3) is 0 Å². The number of nitrogens with one attached hydrogen (secondary N) is 2. The third kappa shape index (κ3) is 4.39. The molecule has 1 aliphatic carbocycles. The lowest BCUT2D eigenvalue weighted by atomic mass is 9.83. The fraction of sp³-hybridized carbons (Fsp3) is 0.706. The number of anilines is 2. The van der Waals surface area contributed by atoms with Crippen LogP contribution in [0.2, 0.25) is 0 Å². The van der Waals surface area contributed by atoms with Gasteiger partial charge in [-0.15, -0.1) is 0 Å².